The van der Waals surface area contributed by atoms with Crippen molar-refractivity contribution in [3.63, 3.8) is 0 Å². The Kier molecular flexibility index (Phi) is 4.58. The number of H-pyrrole nitrogens is 1. The van der Waals surface area contributed by atoms with E-state index in [1.54, 1.807) is 6.07 Å². The number of hydrogen-bond donors (Lipinski definition) is 1. The highest BCUT2D eigenvalue weighted by Crippen LogP contribution is 2.25. The van der Waals surface area contributed by atoms with Crippen LogP contribution in [0.1, 0.15) is 42.9 Å². The molecule has 1 aliphatic rings. The first-order valence-corrected chi connectivity index (χ1v) is 7.82. The van der Waals surface area contributed by atoms with Crippen LogP contribution in [-0.2, 0) is 13.0 Å². The molecule has 0 amide bonds. The summed E-state index contributed by atoms with van der Waals surface area (Å²) in [5.74, 6) is 1.21. The van der Waals surface area contributed by atoms with Gasteiger partial charge in [-0.05, 0) is 25.5 Å². The molecule has 0 aromatic carbocycles. The van der Waals surface area contributed by atoms with Crippen LogP contribution in [0.4, 0.5) is 0 Å². The van der Waals surface area contributed by atoms with Gasteiger partial charge >= 0.3 is 0 Å². The van der Waals surface area contributed by atoms with Gasteiger partial charge in [-0.1, -0.05) is 6.92 Å². The predicted octanol–water partition coefficient (Wildman–Crippen LogP) is 1.50. The average Bonchev–Trinajstić information content (AvgIpc) is 2.55. The minimum Gasteiger partial charge on any atom is -0.313 e. The van der Waals surface area contributed by atoms with Crippen molar-refractivity contribution in [3.05, 3.63) is 52.2 Å². The monoisotopic (exact) mass is 299 g/mol. The van der Waals surface area contributed by atoms with E-state index in [-0.39, 0.29) is 5.56 Å². The summed E-state index contributed by atoms with van der Waals surface area (Å²) in [5, 5.41) is 0. The molecule has 1 unspecified atom stereocenters. The number of rotatable bonds is 4. The molecule has 1 fully saturated rings. The number of aromatic amines is 1. The van der Waals surface area contributed by atoms with Crippen LogP contribution in [0.5, 0.6) is 0 Å². The molecule has 116 valence electrons. The molecule has 1 atom stereocenters. The molecule has 0 aliphatic carbocycles. The van der Waals surface area contributed by atoms with Crippen molar-refractivity contribution in [2.75, 3.05) is 13.1 Å². The van der Waals surface area contributed by atoms with Gasteiger partial charge in [0.05, 0.1) is 17.7 Å². The molecular formula is C16H21N5O. The Labute approximate surface area is 129 Å². The highest BCUT2D eigenvalue weighted by atomic mass is 16.1. The van der Waals surface area contributed by atoms with E-state index in [2.05, 4.69) is 31.8 Å². The summed E-state index contributed by atoms with van der Waals surface area (Å²) in [6.07, 6.45) is 6.38. The van der Waals surface area contributed by atoms with Gasteiger partial charge in [0.25, 0.3) is 5.56 Å². The molecule has 1 N–H and O–H groups in total. The van der Waals surface area contributed by atoms with Gasteiger partial charge in [-0.2, -0.15) is 0 Å². The molecule has 3 rings (SSSR count). The van der Waals surface area contributed by atoms with Crippen molar-refractivity contribution >= 4 is 0 Å². The fourth-order valence-corrected chi connectivity index (χ4v) is 2.98. The van der Waals surface area contributed by atoms with Crippen LogP contribution in [-0.4, -0.2) is 37.9 Å². The van der Waals surface area contributed by atoms with Crippen molar-refractivity contribution in [3.8, 4) is 0 Å². The van der Waals surface area contributed by atoms with Crippen LogP contribution in [0, 0.1) is 0 Å². The van der Waals surface area contributed by atoms with E-state index in [9.17, 15) is 4.79 Å². The SMILES string of the molecule is CCc1nccc(CN2CCCC(c3cc(=O)[nH]cn3)C2)n1. The van der Waals surface area contributed by atoms with Crippen LogP contribution in [0.3, 0.4) is 0 Å². The number of nitrogens with one attached hydrogen (secondary N) is 1. The molecular weight excluding hydrogens is 278 g/mol. The maximum Gasteiger partial charge on any atom is 0.250 e. The highest BCUT2D eigenvalue weighted by Gasteiger charge is 2.23. The Morgan fingerprint density at radius 2 is 2.32 bits per heavy atom. The summed E-state index contributed by atoms with van der Waals surface area (Å²) < 4.78 is 0. The summed E-state index contributed by atoms with van der Waals surface area (Å²) in [6.45, 7) is 4.87. The number of likely N-dealkylation sites (tertiary alicyclic amines) is 1. The van der Waals surface area contributed by atoms with Crippen LogP contribution < -0.4 is 5.56 Å². The van der Waals surface area contributed by atoms with Crippen molar-refractivity contribution in [2.24, 2.45) is 0 Å². The second-order valence-electron chi connectivity index (χ2n) is 5.73. The lowest BCUT2D eigenvalue weighted by Gasteiger charge is -2.32. The van der Waals surface area contributed by atoms with Crippen molar-refractivity contribution in [1.82, 2.24) is 24.8 Å². The molecule has 2 aromatic heterocycles. The summed E-state index contributed by atoms with van der Waals surface area (Å²) in [4.78, 5) is 29.6. The molecule has 6 nitrogen and oxygen atoms in total. The second-order valence-corrected chi connectivity index (χ2v) is 5.73. The zero-order valence-corrected chi connectivity index (χ0v) is 12.8. The standard InChI is InChI=1S/C16H21N5O/c1-2-15-17-6-5-13(20-15)10-21-7-3-4-12(9-21)14-8-16(22)19-11-18-14/h5-6,8,11-12H,2-4,7,9-10H2,1H3,(H,18,19,22). The normalized spacial score (nSPS) is 19.2. The van der Waals surface area contributed by atoms with E-state index in [0.717, 1.165) is 56.1 Å². The van der Waals surface area contributed by atoms with E-state index in [1.165, 1.54) is 6.33 Å². The number of aromatic nitrogens is 4. The Hall–Kier alpha value is -2.08. The molecule has 22 heavy (non-hydrogen) atoms. The number of piperidine rings is 1. The Morgan fingerprint density at radius 1 is 1.41 bits per heavy atom. The maximum absolute atomic E-state index is 11.4. The highest BCUT2D eigenvalue weighted by molar-refractivity contribution is 5.09. The molecule has 0 saturated carbocycles. The van der Waals surface area contributed by atoms with Crippen LogP contribution in [0.25, 0.3) is 0 Å². The Bertz CT molecular complexity index is 684. The van der Waals surface area contributed by atoms with Gasteiger partial charge in [0.2, 0.25) is 0 Å². The molecule has 0 radical (unpaired) electrons. The van der Waals surface area contributed by atoms with E-state index < -0.39 is 0 Å². The Balaban J connectivity index is 1.69. The minimum absolute atomic E-state index is 0.0782. The minimum atomic E-state index is -0.0782. The van der Waals surface area contributed by atoms with Gasteiger partial charge in [0.15, 0.2) is 0 Å². The van der Waals surface area contributed by atoms with Gasteiger partial charge in [0.1, 0.15) is 5.82 Å². The summed E-state index contributed by atoms with van der Waals surface area (Å²) in [5.41, 5.74) is 1.88. The van der Waals surface area contributed by atoms with Crippen molar-refractivity contribution < 1.29 is 0 Å². The summed E-state index contributed by atoms with van der Waals surface area (Å²) >= 11 is 0. The van der Waals surface area contributed by atoms with E-state index >= 15 is 0 Å². The predicted molar refractivity (Wildman–Crippen MR) is 83.5 cm³/mol. The van der Waals surface area contributed by atoms with Gasteiger partial charge in [-0.25, -0.2) is 15.0 Å². The average molecular weight is 299 g/mol. The van der Waals surface area contributed by atoms with E-state index in [1.807, 2.05) is 12.3 Å². The third-order valence-electron chi connectivity index (χ3n) is 4.09. The summed E-state index contributed by atoms with van der Waals surface area (Å²) in [6, 6.07) is 3.60. The van der Waals surface area contributed by atoms with Gasteiger partial charge < -0.3 is 4.98 Å². The molecule has 1 saturated heterocycles. The molecule has 1 aliphatic heterocycles. The molecule has 0 bridgehead atoms. The third kappa shape index (κ3) is 3.57. The van der Waals surface area contributed by atoms with Gasteiger partial charge in [0, 0.05) is 37.7 Å². The quantitative estimate of drug-likeness (QED) is 0.926. The Morgan fingerprint density at radius 3 is 3.14 bits per heavy atom. The number of aryl methyl sites for hydroxylation is 1. The first kappa shape index (κ1) is 14.8. The zero-order chi connectivity index (χ0) is 15.4. The number of hydrogen-bond acceptors (Lipinski definition) is 5. The maximum atomic E-state index is 11.4. The topological polar surface area (TPSA) is 74.8 Å². The lowest BCUT2D eigenvalue weighted by molar-refractivity contribution is 0.196. The van der Waals surface area contributed by atoms with Gasteiger partial charge in [-0.3, -0.25) is 9.69 Å². The number of nitrogens with zero attached hydrogens (tertiary/aromatic N) is 4. The molecule has 6 heteroatoms. The van der Waals surface area contributed by atoms with E-state index in [4.69, 9.17) is 0 Å². The lowest BCUT2D eigenvalue weighted by Crippen LogP contribution is -2.34. The first-order chi connectivity index (χ1) is 10.7. The zero-order valence-electron chi connectivity index (χ0n) is 12.8. The second kappa shape index (κ2) is 6.79. The lowest BCUT2D eigenvalue weighted by atomic mass is 9.94. The summed E-state index contributed by atoms with van der Waals surface area (Å²) in [7, 11) is 0. The van der Waals surface area contributed by atoms with E-state index in [0.29, 0.717) is 5.92 Å². The molecule has 3 heterocycles. The first-order valence-electron chi connectivity index (χ1n) is 7.82. The van der Waals surface area contributed by atoms with Crippen LogP contribution >= 0.6 is 0 Å². The van der Waals surface area contributed by atoms with Crippen LogP contribution in [0.2, 0.25) is 0 Å². The van der Waals surface area contributed by atoms with Gasteiger partial charge in [-0.15, -0.1) is 0 Å². The third-order valence-corrected chi connectivity index (χ3v) is 4.09. The van der Waals surface area contributed by atoms with Crippen LogP contribution in [0.15, 0.2) is 29.5 Å². The largest absolute Gasteiger partial charge is 0.313 e. The smallest absolute Gasteiger partial charge is 0.250 e. The molecule has 2 aromatic rings. The van der Waals surface area contributed by atoms with Crippen molar-refractivity contribution in [2.45, 2.75) is 38.6 Å². The fraction of sp³-hybridized carbons (Fsp3) is 0.500. The molecule has 0 spiro atoms. The van der Waals surface area contributed by atoms with Crippen molar-refractivity contribution in [1.29, 1.82) is 0 Å². The fourth-order valence-electron chi connectivity index (χ4n) is 2.98.